The Morgan fingerprint density at radius 2 is 2.27 bits per heavy atom. The van der Waals surface area contributed by atoms with Crippen LogP contribution in [0.3, 0.4) is 0 Å². The molecule has 2 N–H and O–H groups in total. The van der Waals surface area contributed by atoms with E-state index in [4.69, 9.17) is 5.11 Å². The van der Waals surface area contributed by atoms with E-state index < -0.39 is 6.10 Å². The van der Waals surface area contributed by atoms with Crippen LogP contribution >= 0.6 is 0 Å². The Balaban J connectivity index is 2.46. The van der Waals surface area contributed by atoms with Gasteiger partial charge in [0.2, 0.25) is 0 Å². The summed E-state index contributed by atoms with van der Waals surface area (Å²) in [5.74, 6) is 0.0275. The number of carbonyl (C=O) groups excluding carboxylic acids is 1. The van der Waals surface area contributed by atoms with Gasteiger partial charge >= 0.3 is 0 Å². The largest absolute Gasteiger partial charge is 0.392 e. The van der Waals surface area contributed by atoms with Gasteiger partial charge in [-0.1, -0.05) is 12.2 Å². The molecule has 0 aromatic carbocycles. The Kier molecular flexibility index (Phi) is 2.79. The highest BCUT2D eigenvalue weighted by Gasteiger charge is 2.28. The molecule has 11 heavy (non-hydrogen) atoms. The summed E-state index contributed by atoms with van der Waals surface area (Å²) < 4.78 is 0. The first-order chi connectivity index (χ1) is 5.24. The van der Waals surface area contributed by atoms with E-state index in [1.54, 1.807) is 12.2 Å². The molecular formula is C8H12O3. The van der Waals surface area contributed by atoms with Gasteiger partial charge in [0.15, 0.2) is 0 Å². The summed E-state index contributed by atoms with van der Waals surface area (Å²) in [6.07, 6.45) is 3.41. The van der Waals surface area contributed by atoms with Crippen molar-refractivity contribution in [3.05, 3.63) is 12.2 Å². The van der Waals surface area contributed by atoms with Crippen LogP contribution in [-0.2, 0) is 4.79 Å². The quantitative estimate of drug-likeness (QED) is 0.548. The number of hydrogen-bond donors (Lipinski definition) is 2. The summed E-state index contributed by atoms with van der Waals surface area (Å²) in [6.45, 7) is -0.0303. The van der Waals surface area contributed by atoms with Gasteiger partial charge < -0.3 is 10.2 Å². The molecule has 1 aliphatic rings. The van der Waals surface area contributed by atoms with Crippen LogP contribution in [0.2, 0.25) is 0 Å². The predicted molar refractivity (Wildman–Crippen MR) is 40.0 cm³/mol. The van der Waals surface area contributed by atoms with E-state index in [0.717, 1.165) is 0 Å². The highest BCUT2D eigenvalue weighted by Crippen LogP contribution is 2.23. The van der Waals surface area contributed by atoms with Gasteiger partial charge in [0.25, 0.3) is 0 Å². The zero-order valence-electron chi connectivity index (χ0n) is 6.23. The van der Waals surface area contributed by atoms with Gasteiger partial charge in [-0.15, -0.1) is 0 Å². The van der Waals surface area contributed by atoms with Crippen molar-refractivity contribution in [3.63, 3.8) is 0 Å². The van der Waals surface area contributed by atoms with E-state index in [0.29, 0.717) is 6.42 Å². The summed E-state index contributed by atoms with van der Waals surface area (Å²) in [5.41, 5.74) is 0. The molecule has 0 aliphatic heterocycles. The standard InChI is InChI=1S/C8H12O3/c9-3-1-2-6-4-7(10)5-8(6)11/h1-2,6,8-9,11H,3-5H2/b2-1+/t6-,8-/m1/s1. The summed E-state index contributed by atoms with van der Waals surface area (Å²) in [7, 11) is 0. The molecule has 0 heterocycles. The predicted octanol–water partition coefficient (Wildman–Crippen LogP) is -0.125. The van der Waals surface area contributed by atoms with E-state index in [2.05, 4.69) is 0 Å². The van der Waals surface area contributed by atoms with Gasteiger partial charge in [0.05, 0.1) is 12.7 Å². The molecule has 0 spiro atoms. The number of aliphatic hydroxyl groups excluding tert-OH is 2. The maximum Gasteiger partial charge on any atom is 0.136 e. The smallest absolute Gasteiger partial charge is 0.136 e. The Morgan fingerprint density at radius 3 is 2.73 bits per heavy atom. The third kappa shape index (κ3) is 2.13. The van der Waals surface area contributed by atoms with E-state index in [1.807, 2.05) is 0 Å². The van der Waals surface area contributed by atoms with Crippen molar-refractivity contribution in [2.75, 3.05) is 6.61 Å². The van der Waals surface area contributed by atoms with Crippen molar-refractivity contribution in [1.29, 1.82) is 0 Å². The lowest BCUT2D eigenvalue weighted by atomic mass is 10.1. The molecule has 0 aromatic heterocycles. The van der Waals surface area contributed by atoms with Gasteiger partial charge in [-0.25, -0.2) is 0 Å². The highest BCUT2D eigenvalue weighted by molar-refractivity contribution is 5.81. The summed E-state index contributed by atoms with van der Waals surface area (Å²) in [5, 5.41) is 17.7. The molecule has 3 heteroatoms. The molecule has 3 nitrogen and oxygen atoms in total. The van der Waals surface area contributed by atoms with Crippen LogP contribution in [0.1, 0.15) is 12.8 Å². The van der Waals surface area contributed by atoms with Gasteiger partial charge in [0.1, 0.15) is 5.78 Å². The van der Waals surface area contributed by atoms with E-state index in [9.17, 15) is 9.90 Å². The Morgan fingerprint density at radius 1 is 1.55 bits per heavy atom. The van der Waals surface area contributed by atoms with Gasteiger partial charge in [0, 0.05) is 18.8 Å². The number of aliphatic hydroxyl groups is 2. The molecule has 1 aliphatic carbocycles. The molecule has 0 unspecified atom stereocenters. The van der Waals surface area contributed by atoms with E-state index in [-0.39, 0.29) is 24.7 Å². The van der Waals surface area contributed by atoms with Gasteiger partial charge in [-0.3, -0.25) is 4.79 Å². The number of ketones is 1. The summed E-state index contributed by atoms with van der Waals surface area (Å²) in [4.78, 5) is 10.8. The first kappa shape index (κ1) is 8.43. The number of rotatable bonds is 2. The topological polar surface area (TPSA) is 57.5 Å². The molecule has 62 valence electrons. The number of carbonyl (C=O) groups is 1. The normalized spacial score (nSPS) is 32.0. The molecule has 2 atom stereocenters. The molecule has 1 fully saturated rings. The second-order valence-corrected chi connectivity index (χ2v) is 2.79. The van der Waals surface area contributed by atoms with Crippen molar-refractivity contribution in [3.8, 4) is 0 Å². The first-order valence-corrected chi connectivity index (χ1v) is 3.71. The third-order valence-electron chi connectivity index (χ3n) is 1.88. The van der Waals surface area contributed by atoms with E-state index >= 15 is 0 Å². The third-order valence-corrected chi connectivity index (χ3v) is 1.88. The SMILES string of the molecule is O=C1C[C@@H](O)[C@H](/C=C/CO)C1. The fourth-order valence-corrected chi connectivity index (χ4v) is 1.30. The number of Topliss-reactive ketones (excluding diaryl/α,β-unsaturated/α-hetero) is 1. The van der Waals surface area contributed by atoms with Gasteiger partial charge in [-0.2, -0.15) is 0 Å². The maximum absolute atomic E-state index is 10.8. The second-order valence-electron chi connectivity index (χ2n) is 2.79. The Hall–Kier alpha value is -0.670. The van der Waals surface area contributed by atoms with Crippen LogP contribution < -0.4 is 0 Å². The minimum atomic E-state index is -0.537. The number of hydrogen-bond acceptors (Lipinski definition) is 3. The molecular weight excluding hydrogens is 144 g/mol. The highest BCUT2D eigenvalue weighted by atomic mass is 16.3. The maximum atomic E-state index is 10.8. The first-order valence-electron chi connectivity index (χ1n) is 3.71. The van der Waals surface area contributed by atoms with Gasteiger partial charge in [-0.05, 0) is 0 Å². The summed E-state index contributed by atoms with van der Waals surface area (Å²) in [6, 6.07) is 0. The zero-order valence-corrected chi connectivity index (χ0v) is 6.23. The molecule has 0 saturated heterocycles. The minimum absolute atomic E-state index is 0.0303. The lowest BCUT2D eigenvalue weighted by Gasteiger charge is -2.05. The molecule has 0 amide bonds. The second kappa shape index (κ2) is 3.64. The van der Waals surface area contributed by atoms with E-state index in [1.165, 1.54) is 0 Å². The molecule has 1 rings (SSSR count). The van der Waals surface area contributed by atoms with Crippen LogP contribution in [0, 0.1) is 5.92 Å². The lowest BCUT2D eigenvalue weighted by molar-refractivity contribution is -0.117. The molecule has 1 saturated carbocycles. The monoisotopic (exact) mass is 156 g/mol. The molecule has 0 radical (unpaired) electrons. The van der Waals surface area contributed by atoms with Crippen molar-refractivity contribution in [2.24, 2.45) is 5.92 Å². The fraction of sp³-hybridized carbons (Fsp3) is 0.625. The Bertz CT molecular complexity index is 174. The molecule has 0 bridgehead atoms. The molecule has 0 aromatic rings. The zero-order chi connectivity index (χ0) is 8.27. The minimum Gasteiger partial charge on any atom is -0.392 e. The summed E-state index contributed by atoms with van der Waals surface area (Å²) >= 11 is 0. The van der Waals surface area contributed by atoms with Crippen LogP contribution in [0.25, 0.3) is 0 Å². The van der Waals surface area contributed by atoms with Crippen molar-refractivity contribution in [1.82, 2.24) is 0 Å². The average molecular weight is 156 g/mol. The van der Waals surface area contributed by atoms with Crippen molar-refractivity contribution >= 4 is 5.78 Å². The Labute approximate surface area is 65.3 Å². The fourth-order valence-electron chi connectivity index (χ4n) is 1.30. The van der Waals surface area contributed by atoms with Crippen LogP contribution in [0.5, 0.6) is 0 Å². The van der Waals surface area contributed by atoms with Crippen LogP contribution in [-0.4, -0.2) is 28.7 Å². The lowest BCUT2D eigenvalue weighted by Crippen LogP contribution is -2.10. The van der Waals surface area contributed by atoms with Crippen LogP contribution in [0.15, 0.2) is 12.2 Å². The van der Waals surface area contributed by atoms with Crippen molar-refractivity contribution < 1.29 is 15.0 Å². The average Bonchev–Trinajstić information content (AvgIpc) is 2.26. The van der Waals surface area contributed by atoms with Crippen molar-refractivity contribution in [2.45, 2.75) is 18.9 Å². The van der Waals surface area contributed by atoms with Crippen LogP contribution in [0.4, 0.5) is 0 Å².